The van der Waals surface area contributed by atoms with Crippen molar-refractivity contribution in [3.05, 3.63) is 95.2 Å². The molecule has 152 valence electrons. The van der Waals surface area contributed by atoms with E-state index in [1.165, 1.54) is 36.5 Å². The van der Waals surface area contributed by atoms with Gasteiger partial charge in [0.25, 0.3) is 11.7 Å². The second-order valence-electron chi connectivity index (χ2n) is 6.79. The number of furan rings is 1. The molecule has 0 unspecified atom stereocenters. The van der Waals surface area contributed by atoms with Crippen LogP contribution in [-0.4, -0.2) is 28.8 Å². The van der Waals surface area contributed by atoms with Gasteiger partial charge in [-0.05, 0) is 54.1 Å². The number of likely N-dealkylation sites (tertiary alicyclic amines) is 1. The van der Waals surface area contributed by atoms with Crippen molar-refractivity contribution in [1.29, 1.82) is 0 Å². The van der Waals surface area contributed by atoms with Crippen LogP contribution in [0.5, 0.6) is 5.75 Å². The van der Waals surface area contributed by atoms with Crippen molar-refractivity contribution in [2.45, 2.75) is 12.6 Å². The van der Waals surface area contributed by atoms with E-state index in [-0.39, 0.29) is 17.9 Å². The molecule has 0 aliphatic carbocycles. The molecule has 0 bridgehead atoms. The Morgan fingerprint density at radius 2 is 1.90 bits per heavy atom. The number of rotatable bonds is 5. The molecule has 6 nitrogen and oxygen atoms in total. The van der Waals surface area contributed by atoms with E-state index in [9.17, 15) is 19.1 Å². The van der Waals surface area contributed by atoms with Gasteiger partial charge in [0.2, 0.25) is 0 Å². The van der Waals surface area contributed by atoms with Gasteiger partial charge in [-0.1, -0.05) is 12.1 Å². The second-order valence-corrected chi connectivity index (χ2v) is 6.79. The third-order valence-electron chi connectivity index (χ3n) is 4.97. The Balaban J connectivity index is 1.85. The Bertz CT molecular complexity index is 1120. The number of ketones is 1. The zero-order chi connectivity index (χ0) is 21.3. The predicted molar refractivity (Wildman–Crippen MR) is 106 cm³/mol. The predicted octanol–water partition coefficient (Wildman–Crippen LogP) is 4.05. The molecule has 1 amide bonds. The highest BCUT2D eigenvalue weighted by atomic mass is 19.1. The number of aliphatic hydroxyl groups is 1. The lowest BCUT2D eigenvalue weighted by Crippen LogP contribution is -2.29. The number of Topliss-reactive ketones (excluding diaryl/α,β-unsaturated/α-hetero) is 1. The number of ether oxygens (including phenoxy) is 1. The van der Waals surface area contributed by atoms with Crippen molar-refractivity contribution in [2.75, 3.05) is 7.11 Å². The lowest BCUT2D eigenvalue weighted by Gasteiger charge is -2.24. The molecule has 0 radical (unpaired) electrons. The first-order chi connectivity index (χ1) is 14.5. The molecule has 1 atom stereocenters. The van der Waals surface area contributed by atoms with Crippen LogP contribution in [-0.2, 0) is 16.1 Å². The van der Waals surface area contributed by atoms with Crippen LogP contribution >= 0.6 is 0 Å². The number of methoxy groups -OCH3 is 1. The summed E-state index contributed by atoms with van der Waals surface area (Å²) < 4.78 is 24.4. The maximum Gasteiger partial charge on any atom is 0.296 e. The van der Waals surface area contributed by atoms with Crippen LogP contribution in [0.15, 0.2) is 76.9 Å². The SMILES string of the molecule is COc1ccc(C(O)=C2C(=O)C(=O)N(Cc3ccco3)[C@H]2c2cccc(F)c2)cc1. The third kappa shape index (κ3) is 3.45. The third-order valence-corrected chi connectivity index (χ3v) is 4.97. The van der Waals surface area contributed by atoms with E-state index in [4.69, 9.17) is 9.15 Å². The standard InChI is InChI=1S/C23H18FNO5/c1-29-17-9-7-14(8-10-17)21(26)19-20(15-4-2-5-16(24)12-15)25(23(28)22(19)27)13-18-6-3-11-30-18/h2-12,20,26H,13H2,1H3/t20-/m0/s1. The van der Waals surface area contributed by atoms with Crippen LogP contribution in [0.2, 0.25) is 0 Å². The van der Waals surface area contributed by atoms with Gasteiger partial charge in [0.1, 0.15) is 23.1 Å². The fraction of sp³-hybridized carbons (Fsp3) is 0.130. The molecule has 1 saturated heterocycles. The average Bonchev–Trinajstić information content (AvgIpc) is 3.36. The summed E-state index contributed by atoms with van der Waals surface area (Å²) in [6, 6.07) is 14.4. The van der Waals surface area contributed by atoms with E-state index in [0.29, 0.717) is 22.6 Å². The second kappa shape index (κ2) is 7.87. The molecule has 7 heteroatoms. The number of benzene rings is 2. The molecule has 2 heterocycles. The van der Waals surface area contributed by atoms with Gasteiger partial charge in [-0.3, -0.25) is 9.59 Å². The summed E-state index contributed by atoms with van der Waals surface area (Å²) in [6.45, 7) is -0.00184. The van der Waals surface area contributed by atoms with Crippen molar-refractivity contribution >= 4 is 17.4 Å². The number of amides is 1. The summed E-state index contributed by atoms with van der Waals surface area (Å²) in [5.74, 6) is -1.46. The highest BCUT2D eigenvalue weighted by Crippen LogP contribution is 2.40. The molecule has 1 fully saturated rings. The number of nitrogens with zero attached hydrogens (tertiary/aromatic N) is 1. The molecule has 4 rings (SSSR count). The lowest BCUT2D eigenvalue weighted by atomic mass is 9.95. The Labute approximate surface area is 171 Å². The molecule has 30 heavy (non-hydrogen) atoms. The summed E-state index contributed by atoms with van der Waals surface area (Å²) in [7, 11) is 1.51. The van der Waals surface area contributed by atoms with Crippen molar-refractivity contribution in [2.24, 2.45) is 0 Å². The van der Waals surface area contributed by atoms with E-state index in [0.717, 1.165) is 0 Å². The minimum Gasteiger partial charge on any atom is -0.507 e. The Morgan fingerprint density at radius 3 is 2.53 bits per heavy atom. The first-order valence-corrected chi connectivity index (χ1v) is 9.20. The van der Waals surface area contributed by atoms with Crippen molar-refractivity contribution in [3.8, 4) is 5.75 Å². The van der Waals surface area contributed by atoms with Gasteiger partial charge in [-0.2, -0.15) is 0 Å². The molecular weight excluding hydrogens is 389 g/mol. The Morgan fingerprint density at radius 1 is 1.13 bits per heavy atom. The fourth-order valence-electron chi connectivity index (χ4n) is 3.54. The molecule has 2 aromatic carbocycles. The molecule has 0 saturated carbocycles. The highest BCUT2D eigenvalue weighted by molar-refractivity contribution is 6.46. The molecule has 1 aromatic heterocycles. The van der Waals surface area contributed by atoms with Gasteiger partial charge >= 0.3 is 0 Å². The largest absolute Gasteiger partial charge is 0.507 e. The summed E-state index contributed by atoms with van der Waals surface area (Å²) in [4.78, 5) is 27.0. The van der Waals surface area contributed by atoms with Crippen molar-refractivity contribution in [1.82, 2.24) is 4.90 Å². The topological polar surface area (TPSA) is 80.0 Å². The number of aliphatic hydroxyl groups excluding tert-OH is 1. The number of carbonyl (C=O) groups is 2. The molecule has 0 spiro atoms. The van der Waals surface area contributed by atoms with E-state index in [1.54, 1.807) is 42.5 Å². The maximum absolute atomic E-state index is 14.0. The van der Waals surface area contributed by atoms with Crippen LogP contribution in [0, 0.1) is 5.82 Å². The van der Waals surface area contributed by atoms with Gasteiger partial charge in [0.15, 0.2) is 0 Å². The minimum atomic E-state index is -0.965. The van der Waals surface area contributed by atoms with Gasteiger partial charge in [0, 0.05) is 5.56 Å². The van der Waals surface area contributed by atoms with Crippen LogP contribution in [0.1, 0.15) is 22.9 Å². The highest BCUT2D eigenvalue weighted by Gasteiger charge is 2.46. The van der Waals surface area contributed by atoms with E-state index < -0.39 is 23.5 Å². The summed E-state index contributed by atoms with van der Waals surface area (Å²) in [5, 5.41) is 10.9. The van der Waals surface area contributed by atoms with Crippen LogP contribution in [0.3, 0.4) is 0 Å². The Hall–Kier alpha value is -3.87. The number of hydrogen-bond acceptors (Lipinski definition) is 5. The summed E-state index contributed by atoms with van der Waals surface area (Å²) in [6.07, 6.45) is 1.46. The number of halogens is 1. The lowest BCUT2D eigenvalue weighted by molar-refractivity contribution is -0.140. The maximum atomic E-state index is 14.0. The zero-order valence-electron chi connectivity index (χ0n) is 16.0. The summed E-state index contributed by atoms with van der Waals surface area (Å²) in [5.41, 5.74) is 0.603. The molecule has 1 aliphatic heterocycles. The quantitative estimate of drug-likeness (QED) is 0.392. The van der Waals surface area contributed by atoms with E-state index >= 15 is 0 Å². The van der Waals surface area contributed by atoms with E-state index in [2.05, 4.69) is 0 Å². The van der Waals surface area contributed by atoms with Crippen molar-refractivity contribution in [3.63, 3.8) is 0 Å². The zero-order valence-corrected chi connectivity index (χ0v) is 16.0. The van der Waals surface area contributed by atoms with Crippen LogP contribution < -0.4 is 4.74 Å². The van der Waals surface area contributed by atoms with E-state index in [1.807, 2.05) is 0 Å². The molecule has 3 aromatic rings. The number of hydrogen-bond donors (Lipinski definition) is 1. The minimum absolute atomic E-state index is 0.00184. The average molecular weight is 407 g/mol. The molecular formula is C23H18FNO5. The molecule has 1 aliphatic rings. The van der Waals surface area contributed by atoms with Gasteiger partial charge in [-0.15, -0.1) is 0 Å². The normalized spacial score (nSPS) is 18.1. The molecule has 1 N–H and O–H groups in total. The van der Waals surface area contributed by atoms with Crippen LogP contribution in [0.4, 0.5) is 4.39 Å². The monoisotopic (exact) mass is 407 g/mol. The smallest absolute Gasteiger partial charge is 0.296 e. The van der Waals surface area contributed by atoms with Gasteiger partial charge in [-0.25, -0.2) is 4.39 Å². The summed E-state index contributed by atoms with van der Waals surface area (Å²) >= 11 is 0. The first kappa shape index (κ1) is 19.4. The van der Waals surface area contributed by atoms with Crippen LogP contribution in [0.25, 0.3) is 5.76 Å². The number of carbonyl (C=O) groups excluding carboxylic acids is 2. The van der Waals surface area contributed by atoms with Gasteiger partial charge < -0.3 is 19.2 Å². The fourth-order valence-corrected chi connectivity index (χ4v) is 3.54. The van der Waals surface area contributed by atoms with Crippen molar-refractivity contribution < 1.29 is 28.2 Å². The Kier molecular flexibility index (Phi) is 5.10. The van der Waals surface area contributed by atoms with Gasteiger partial charge in [0.05, 0.1) is 31.5 Å². The first-order valence-electron chi connectivity index (χ1n) is 9.20.